The molecule has 0 aliphatic carbocycles. The molecule has 1 saturated heterocycles. The van der Waals surface area contributed by atoms with E-state index in [0.717, 1.165) is 75.2 Å². The minimum atomic E-state index is -5.42. The number of nitrogens with zero attached hydrogens (tertiary/aromatic N) is 2. The fraction of sp³-hybridized carbons (Fsp3) is 0.826. The van der Waals surface area contributed by atoms with Gasteiger partial charge in [-0.1, -0.05) is 154 Å². The van der Waals surface area contributed by atoms with Gasteiger partial charge in [0.25, 0.3) is 0 Å². The third-order valence-electron chi connectivity index (χ3n) is 11.4. The zero-order valence-electron chi connectivity index (χ0n) is 39.8. The molecule has 0 amide bonds. The van der Waals surface area contributed by atoms with E-state index in [-0.39, 0.29) is 18.7 Å². The maximum absolute atomic E-state index is 12.8. The van der Waals surface area contributed by atoms with Crippen LogP contribution < -0.4 is 11.4 Å². The molecule has 382 valence electrons. The second kappa shape index (κ2) is 35.6. The highest BCUT2D eigenvalue weighted by Gasteiger charge is 2.46. The van der Waals surface area contributed by atoms with E-state index in [0.29, 0.717) is 12.8 Å². The predicted molar refractivity (Wildman–Crippen MR) is 252 cm³/mol. The van der Waals surface area contributed by atoms with Gasteiger partial charge in [0.05, 0.1) is 13.2 Å². The van der Waals surface area contributed by atoms with E-state index >= 15 is 0 Å². The number of ether oxygens (including phenoxy) is 3. The Kier molecular flexibility index (Phi) is 32.2. The van der Waals surface area contributed by atoms with Crippen molar-refractivity contribution in [3.63, 3.8) is 0 Å². The lowest BCUT2D eigenvalue weighted by Gasteiger charge is -2.21. The Balaban J connectivity index is 1.81. The van der Waals surface area contributed by atoms with Crippen molar-refractivity contribution in [2.45, 2.75) is 224 Å². The van der Waals surface area contributed by atoms with E-state index in [4.69, 9.17) is 29.0 Å². The van der Waals surface area contributed by atoms with Crippen LogP contribution in [0.25, 0.3) is 0 Å². The Morgan fingerprint density at radius 2 is 1.18 bits per heavy atom. The number of aliphatic hydroxyl groups excluding tert-OH is 2. The molecule has 66 heavy (non-hydrogen) atoms. The van der Waals surface area contributed by atoms with Crippen molar-refractivity contribution in [2.75, 3.05) is 25.6 Å². The summed E-state index contributed by atoms with van der Waals surface area (Å²) >= 11 is 0. The van der Waals surface area contributed by atoms with Crippen LogP contribution in [-0.4, -0.2) is 85.7 Å². The Morgan fingerprint density at radius 3 is 1.71 bits per heavy atom. The normalized spacial score (nSPS) is 19.7. The quantitative estimate of drug-likeness (QED) is 0.0177. The third-order valence-corrected chi connectivity index (χ3v) is 14.0. The molecule has 0 aromatic carbocycles. The van der Waals surface area contributed by atoms with Gasteiger partial charge in [0.15, 0.2) is 12.3 Å². The number of carbonyl (C=O) groups excluding carboxylic acids is 2. The number of phosphoric ester groups is 2. The topological polar surface area (TPSA) is 265 Å². The molecule has 18 nitrogen and oxygen atoms in total. The Bertz CT molecular complexity index is 1650. The van der Waals surface area contributed by atoms with Gasteiger partial charge in [-0.2, -0.15) is 9.29 Å². The zero-order chi connectivity index (χ0) is 48.5. The third kappa shape index (κ3) is 28.1. The number of rotatable bonds is 41. The minimum Gasteiger partial charge on any atom is -0.462 e. The first-order chi connectivity index (χ1) is 31.7. The average molecular weight is 980 g/mol. The first-order valence-corrected chi connectivity index (χ1v) is 27.7. The maximum atomic E-state index is 12.8. The molecule has 3 unspecified atom stereocenters. The van der Waals surface area contributed by atoms with Crippen LogP contribution in [0.5, 0.6) is 0 Å². The molecule has 1 aromatic rings. The fourth-order valence-electron chi connectivity index (χ4n) is 7.48. The molecule has 0 spiro atoms. The lowest BCUT2D eigenvalue weighted by atomic mass is 10.0. The highest BCUT2D eigenvalue weighted by Crippen LogP contribution is 2.60. The van der Waals surface area contributed by atoms with Crippen LogP contribution >= 0.6 is 15.6 Å². The summed E-state index contributed by atoms with van der Waals surface area (Å²) in [5.41, 5.74) is 4.59. The minimum absolute atomic E-state index is 0.0547. The van der Waals surface area contributed by atoms with Crippen molar-refractivity contribution in [2.24, 2.45) is 0 Å². The molecule has 1 aliphatic heterocycles. The molecule has 2 rings (SSSR count). The molecule has 1 aliphatic rings. The van der Waals surface area contributed by atoms with Crippen LogP contribution in [0.1, 0.15) is 200 Å². The molecule has 2 heterocycles. The summed E-state index contributed by atoms with van der Waals surface area (Å²) in [6, 6.07) is 1.25. The van der Waals surface area contributed by atoms with E-state index in [1.54, 1.807) is 0 Å². The van der Waals surface area contributed by atoms with Crippen LogP contribution in [-0.2, 0) is 46.3 Å². The van der Waals surface area contributed by atoms with Gasteiger partial charge in [0.1, 0.15) is 30.7 Å². The lowest BCUT2D eigenvalue weighted by Crippen LogP contribution is -2.36. The summed E-state index contributed by atoms with van der Waals surface area (Å²) in [5.74, 6) is -1.29. The van der Waals surface area contributed by atoms with E-state index in [9.17, 15) is 43.5 Å². The molecular formula is C46H83N3O15P2. The lowest BCUT2D eigenvalue weighted by molar-refractivity contribution is -0.161. The molecule has 1 aromatic heterocycles. The highest BCUT2D eigenvalue weighted by atomic mass is 31.3. The molecule has 0 saturated carbocycles. The molecule has 0 bridgehead atoms. The first kappa shape index (κ1) is 59.6. The number of anilines is 1. The van der Waals surface area contributed by atoms with Crippen LogP contribution in [0.4, 0.5) is 5.82 Å². The Hall–Kier alpha value is -2.50. The summed E-state index contributed by atoms with van der Waals surface area (Å²) < 4.78 is 56.7. The largest absolute Gasteiger partial charge is 0.481 e. The van der Waals surface area contributed by atoms with Crippen molar-refractivity contribution in [1.82, 2.24) is 9.55 Å². The number of aromatic nitrogens is 2. The number of aliphatic hydroxyl groups is 2. The number of esters is 2. The SMILES string of the molecule is CCCCCC/C=C\CCCCCCCCCC(=O)OC[C@H](COP(=O)(O)OP(=O)(O)OC[C@H]1O[C@@H](n2ccc(N)nc2=O)C(O)[C@H]1O)OC(=O)CCCCCCCCCCCCCCC. The molecule has 7 atom stereocenters. The average Bonchev–Trinajstić information content (AvgIpc) is 3.55. The summed E-state index contributed by atoms with van der Waals surface area (Å²) in [5, 5.41) is 20.9. The van der Waals surface area contributed by atoms with Gasteiger partial charge in [-0.05, 0) is 44.6 Å². The van der Waals surface area contributed by atoms with Crippen molar-refractivity contribution >= 4 is 33.4 Å². The number of carbonyl (C=O) groups is 2. The van der Waals surface area contributed by atoms with Gasteiger partial charge < -0.3 is 39.9 Å². The van der Waals surface area contributed by atoms with Crippen molar-refractivity contribution < 1.29 is 66.3 Å². The van der Waals surface area contributed by atoms with E-state index in [1.165, 1.54) is 95.7 Å². The predicted octanol–water partition coefficient (Wildman–Crippen LogP) is 9.67. The van der Waals surface area contributed by atoms with Crippen molar-refractivity contribution in [3.05, 3.63) is 34.9 Å². The van der Waals surface area contributed by atoms with E-state index < -0.39 is 83.7 Å². The number of nitrogen functional groups attached to an aromatic ring is 1. The van der Waals surface area contributed by atoms with Crippen LogP contribution in [0.2, 0.25) is 0 Å². The molecular weight excluding hydrogens is 896 g/mol. The van der Waals surface area contributed by atoms with Crippen molar-refractivity contribution in [3.8, 4) is 0 Å². The number of phosphoric acid groups is 2. The summed E-state index contributed by atoms with van der Waals surface area (Å²) in [4.78, 5) is 61.8. The van der Waals surface area contributed by atoms with Gasteiger partial charge in [-0.25, -0.2) is 13.9 Å². The molecule has 0 radical (unpaired) electrons. The summed E-state index contributed by atoms with van der Waals surface area (Å²) in [7, 11) is -10.8. The smallest absolute Gasteiger partial charge is 0.462 e. The molecule has 6 N–H and O–H groups in total. The number of hydrogen-bond donors (Lipinski definition) is 5. The fourth-order valence-corrected chi connectivity index (χ4v) is 9.60. The maximum Gasteiger partial charge on any atom is 0.481 e. The monoisotopic (exact) mass is 980 g/mol. The highest BCUT2D eigenvalue weighted by molar-refractivity contribution is 7.61. The van der Waals surface area contributed by atoms with Gasteiger partial charge in [-0.15, -0.1) is 0 Å². The molecule has 1 fully saturated rings. The zero-order valence-corrected chi connectivity index (χ0v) is 41.6. The molecule has 20 heteroatoms. The van der Waals surface area contributed by atoms with E-state index in [1.807, 2.05) is 0 Å². The van der Waals surface area contributed by atoms with Gasteiger partial charge in [-0.3, -0.25) is 23.2 Å². The standard InChI is InChI=1S/C46H83N3O15P2/c1-3-5-7-9-11-13-15-17-18-20-21-23-25-27-29-31-41(50)59-35-38(62-42(51)32-30-28-26-24-22-19-16-14-12-10-8-6-4-2)36-60-65(55,56)64-66(57,58)61-37-39-43(52)44(53)45(63-39)49-34-33-40(47)48-46(49)54/h13,15,33-34,38-39,43-45,52-53H,3-12,14,16-32,35-37H2,1-2H3,(H,55,56)(H,57,58)(H2,47,48,54)/b15-13-/t38-,39-,43+,44?,45-/m1/s1. The Morgan fingerprint density at radius 1 is 0.712 bits per heavy atom. The van der Waals surface area contributed by atoms with Crippen LogP contribution in [0, 0.1) is 0 Å². The Labute approximate surface area is 392 Å². The number of allylic oxidation sites excluding steroid dienone is 2. The second-order valence-corrected chi connectivity index (χ2v) is 20.4. The number of nitrogens with two attached hydrogens (primary N) is 1. The van der Waals surface area contributed by atoms with Gasteiger partial charge in [0.2, 0.25) is 0 Å². The van der Waals surface area contributed by atoms with Crippen molar-refractivity contribution in [1.29, 1.82) is 0 Å². The van der Waals surface area contributed by atoms with Gasteiger partial charge in [0, 0.05) is 19.0 Å². The number of hydrogen-bond acceptors (Lipinski definition) is 15. The second-order valence-electron chi connectivity index (χ2n) is 17.3. The van der Waals surface area contributed by atoms with Gasteiger partial charge >= 0.3 is 33.3 Å². The first-order valence-electron chi connectivity index (χ1n) is 24.7. The van der Waals surface area contributed by atoms with E-state index in [2.05, 4.69) is 35.3 Å². The summed E-state index contributed by atoms with van der Waals surface area (Å²) in [6.07, 6.45) is 27.2. The van der Waals surface area contributed by atoms with Crippen LogP contribution in [0.3, 0.4) is 0 Å². The number of unbranched alkanes of at least 4 members (excludes halogenated alkanes) is 23. The van der Waals surface area contributed by atoms with Crippen LogP contribution in [0.15, 0.2) is 29.2 Å². The summed E-state index contributed by atoms with van der Waals surface area (Å²) in [6.45, 7) is 2.15.